The van der Waals surface area contributed by atoms with Crippen LogP contribution in [0.5, 0.6) is 0 Å². The van der Waals surface area contributed by atoms with Gasteiger partial charge in [-0.2, -0.15) is 13.2 Å². The molecule has 1 heterocycles. The average molecular weight is 453 g/mol. The lowest BCUT2D eigenvalue weighted by atomic mass is 9.98. The van der Waals surface area contributed by atoms with Crippen LogP contribution in [-0.4, -0.2) is 30.6 Å². The highest BCUT2D eigenvalue weighted by atomic mass is 19.4. The molecule has 0 saturated heterocycles. The molecule has 2 N–H and O–H groups in total. The van der Waals surface area contributed by atoms with Crippen molar-refractivity contribution in [3.8, 4) is 0 Å². The zero-order valence-electron chi connectivity index (χ0n) is 17.5. The minimum absolute atomic E-state index is 0.0217. The van der Waals surface area contributed by atoms with Crippen LogP contribution in [0.1, 0.15) is 23.6 Å². The molecule has 1 aliphatic heterocycles. The monoisotopic (exact) mass is 453 g/mol. The van der Waals surface area contributed by atoms with Crippen LogP contribution in [0, 0.1) is 0 Å². The molecule has 3 aromatic rings. The zero-order valence-corrected chi connectivity index (χ0v) is 17.5. The summed E-state index contributed by atoms with van der Waals surface area (Å²) < 4.78 is 41.8. The highest BCUT2D eigenvalue weighted by Crippen LogP contribution is 2.37. The number of fused-ring (bicyclic) bond motifs is 1. The summed E-state index contributed by atoms with van der Waals surface area (Å²) in [6.45, 7) is -0.358. The summed E-state index contributed by atoms with van der Waals surface area (Å²) >= 11 is 0. The van der Waals surface area contributed by atoms with Crippen LogP contribution in [-0.2, 0) is 9.59 Å². The summed E-state index contributed by atoms with van der Waals surface area (Å²) in [5.41, 5.74) is 1.94. The van der Waals surface area contributed by atoms with Crippen molar-refractivity contribution in [1.82, 2.24) is 5.32 Å². The molecule has 4 rings (SSSR count). The number of hydrogen-bond acceptors (Lipinski definition) is 3. The van der Waals surface area contributed by atoms with E-state index in [1.54, 1.807) is 6.07 Å². The van der Waals surface area contributed by atoms with Gasteiger partial charge in [0.25, 0.3) is 0 Å². The molecular formula is C25H22F3N3O2. The average Bonchev–Trinajstić information content (AvgIpc) is 2.96. The molecule has 5 nitrogen and oxygen atoms in total. The van der Waals surface area contributed by atoms with Gasteiger partial charge in [-0.15, -0.1) is 0 Å². The van der Waals surface area contributed by atoms with Crippen molar-refractivity contribution < 1.29 is 22.8 Å². The molecule has 0 radical (unpaired) electrons. The molecule has 170 valence electrons. The Morgan fingerprint density at radius 2 is 1.48 bits per heavy atom. The van der Waals surface area contributed by atoms with E-state index in [2.05, 4.69) is 10.6 Å². The van der Waals surface area contributed by atoms with E-state index in [-0.39, 0.29) is 17.9 Å². The van der Waals surface area contributed by atoms with Gasteiger partial charge in [-0.1, -0.05) is 72.8 Å². The van der Waals surface area contributed by atoms with E-state index in [1.807, 2.05) is 60.7 Å². The number of alkyl halides is 3. The fraction of sp³-hybridized carbons (Fsp3) is 0.200. The number of halogens is 3. The highest BCUT2D eigenvalue weighted by Gasteiger charge is 2.48. The number of carbonyl (C=O) groups is 2. The number of benzene rings is 3. The third kappa shape index (κ3) is 5.06. The maximum Gasteiger partial charge on any atom is 0.409 e. The van der Waals surface area contributed by atoms with Crippen LogP contribution >= 0.6 is 0 Å². The molecule has 1 aliphatic rings. The van der Waals surface area contributed by atoms with Crippen molar-refractivity contribution in [2.24, 2.45) is 0 Å². The number of rotatable bonds is 5. The number of nitrogens with zero attached hydrogens (tertiary/aromatic N) is 1. The van der Waals surface area contributed by atoms with Crippen molar-refractivity contribution in [2.75, 3.05) is 16.8 Å². The Morgan fingerprint density at radius 3 is 2.06 bits per heavy atom. The standard InChI is InChI=1S/C25H22F3N3O2/c26-25(27,28)21-15-22(32)30-19-13-7-8-14-20(19)31(21)23(33)16-29-24(17-9-3-1-4-10-17)18-11-5-2-6-12-18/h1-14,21,24,29H,15-16H2,(H,30,32). The van der Waals surface area contributed by atoms with Crippen molar-refractivity contribution >= 4 is 23.2 Å². The fourth-order valence-electron chi connectivity index (χ4n) is 3.99. The summed E-state index contributed by atoms with van der Waals surface area (Å²) in [5.74, 6) is -1.57. The molecule has 3 aromatic carbocycles. The Labute approximate surface area is 189 Å². The van der Waals surface area contributed by atoms with Gasteiger partial charge in [0.1, 0.15) is 6.04 Å². The highest BCUT2D eigenvalue weighted by molar-refractivity contribution is 6.05. The minimum Gasteiger partial charge on any atom is -0.324 e. The quantitative estimate of drug-likeness (QED) is 0.590. The van der Waals surface area contributed by atoms with Gasteiger partial charge in [-0.05, 0) is 23.3 Å². The smallest absolute Gasteiger partial charge is 0.324 e. The molecule has 0 spiro atoms. The van der Waals surface area contributed by atoms with Crippen molar-refractivity contribution in [3.63, 3.8) is 0 Å². The van der Waals surface area contributed by atoms with Crippen LogP contribution in [0.2, 0.25) is 0 Å². The predicted octanol–water partition coefficient (Wildman–Crippen LogP) is 4.67. The van der Waals surface area contributed by atoms with E-state index in [9.17, 15) is 22.8 Å². The second kappa shape index (κ2) is 9.46. The third-order valence-electron chi connectivity index (χ3n) is 5.50. The predicted molar refractivity (Wildman–Crippen MR) is 120 cm³/mol. The molecule has 1 atom stereocenters. The minimum atomic E-state index is -4.78. The summed E-state index contributed by atoms with van der Waals surface area (Å²) in [4.78, 5) is 26.1. The first-order valence-electron chi connectivity index (χ1n) is 10.5. The maximum absolute atomic E-state index is 13.9. The van der Waals surface area contributed by atoms with Gasteiger partial charge >= 0.3 is 6.18 Å². The molecular weight excluding hydrogens is 431 g/mol. The first-order chi connectivity index (χ1) is 15.8. The summed E-state index contributed by atoms with van der Waals surface area (Å²) in [7, 11) is 0. The lowest BCUT2D eigenvalue weighted by Gasteiger charge is -2.32. The largest absolute Gasteiger partial charge is 0.409 e. The molecule has 0 bridgehead atoms. The van der Waals surface area contributed by atoms with Crippen molar-refractivity contribution in [3.05, 3.63) is 96.1 Å². The van der Waals surface area contributed by atoms with Crippen molar-refractivity contribution in [1.29, 1.82) is 0 Å². The van der Waals surface area contributed by atoms with Crippen LogP contribution in [0.4, 0.5) is 24.5 Å². The Hall–Kier alpha value is -3.65. The van der Waals surface area contributed by atoms with Crippen LogP contribution in [0.3, 0.4) is 0 Å². The lowest BCUT2D eigenvalue weighted by molar-refractivity contribution is -0.157. The van der Waals surface area contributed by atoms with Crippen LogP contribution in [0.15, 0.2) is 84.9 Å². The van der Waals surface area contributed by atoms with E-state index in [4.69, 9.17) is 0 Å². The van der Waals surface area contributed by atoms with E-state index in [1.165, 1.54) is 18.2 Å². The second-order valence-electron chi connectivity index (χ2n) is 7.73. The van der Waals surface area contributed by atoms with Gasteiger partial charge in [-0.3, -0.25) is 19.8 Å². The van der Waals surface area contributed by atoms with Crippen LogP contribution < -0.4 is 15.5 Å². The number of carbonyl (C=O) groups excluding carboxylic acids is 2. The number of nitrogens with one attached hydrogen (secondary N) is 2. The molecule has 0 fully saturated rings. The SMILES string of the molecule is O=C1CC(C(F)(F)F)N(C(=O)CNC(c2ccccc2)c2ccccc2)c2ccccc2N1. The Bertz CT molecular complexity index is 1080. The van der Waals surface area contributed by atoms with Gasteiger partial charge in [0.2, 0.25) is 11.8 Å². The van der Waals surface area contributed by atoms with Crippen molar-refractivity contribution in [2.45, 2.75) is 24.7 Å². The fourth-order valence-corrected chi connectivity index (χ4v) is 3.99. The molecule has 33 heavy (non-hydrogen) atoms. The van der Waals surface area contributed by atoms with E-state index in [0.29, 0.717) is 4.90 Å². The maximum atomic E-state index is 13.9. The molecule has 8 heteroatoms. The topological polar surface area (TPSA) is 61.4 Å². The second-order valence-corrected chi connectivity index (χ2v) is 7.73. The summed E-state index contributed by atoms with van der Waals surface area (Å²) in [5, 5.41) is 5.59. The van der Waals surface area contributed by atoms with Gasteiger partial charge in [0.15, 0.2) is 0 Å². The van der Waals surface area contributed by atoms with Gasteiger partial charge < -0.3 is 5.32 Å². The zero-order chi connectivity index (χ0) is 23.4. The Balaban J connectivity index is 1.65. The van der Waals surface area contributed by atoms with Gasteiger partial charge in [0.05, 0.1) is 30.4 Å². The Morgan fingerprint density at radius 1 is 0.939 bits per heavy atom. The number of hydrogen-bond donors (Lipinski definition) is 2. The van der Waals surface area contributed by atoms with E-state index in [0.717, 1.165) is 11.1 Å². The third-order valence-corrected chi connectivity index (χ3v) is 5.50. The lowest BCUT2D eigenvalue weighted by Crippen LogP contribution is -2.52. The number of anilines is 2. The molecule has 0 aliphatic carbocycles. The number of amides is 2. The summed E-state index contributed by atoms with van der Waals surface area (Å²) in [6, 6.07) is 22.1. The molecule has 0 aromatic heterocycles. The van der Waals surface area contributed by atoms with Gasteiger partial charge in [0, 0.05) is 0 Å². The summed E-state index contributed by atoms with van der Waals surface area (Å²) in [6.07, 6.45) is -5.65. The van der Waals surface area contributed by atoms with E-state index < -0.39 is 36.5 Å². The molecule has 0 saturated carbocycles. The molecule has 1 unspecified atom stereocenters. The van der Waals surface area contributed by atoms with Gasteiger partial charge in [-0.25, -0.2) is 0 Å². The first-order valence-corrected chi connectivity index (χ1v) is 10.5. The first kappa shape index (κ1) is 22.5. The normalized spacial score (nSPS) is 16.2. The Kier molecular flexibility index (Phi) is 6.46. The number of para-hydroxylation sites is 2. The van der Waals surface area contributed by atoms with Crippen LogP contribution in [0.25, 0.3) is 0 Å². The molecule has 2 amide bonds. The van der Waals surface area contributed by atoms with E-state index >= 15 is 0 Å².